The topological polar surface area (TPSA) is 62.2 Å². The normalized spacial score (nSPS) is 14.5. The summed E-state index contributed by atoms with van der Waals surface area (Å²) in [5.41, 5.74) is 2.98. The van der Waals surface area contributed by atoms with Crippen molar-refractivity contribution >= 4 is 22.9 Å². The van der Waals surface area contributed by atoms with E-state index in [0.717, 1.165) is 48.1 Å². The molecule has 1 fully saturated rings. The maximum atomic E-state index is 12.6. The fourth-order valence-corrected chi connectivity index (χ4v) is 3.86. The highest BCUT2D eigenvalue weighted by molar-refractivity contribution is 7.13. The third kappa shape index (κ3) is 3.72. The van der Waals surface area contributed by atoms with Crippen LogP contribution in [0, 0.1) is 0 Å². The first-order chi connectivity index (χ1) is 12.8. The molecule has 0 spiro atoms. The second-order valence-corrected chi connectivity index (χ2v) is 6.99. The number of anilines is 1. The fourth-order valence-electron chi connectivity index (χ4n) is 3.05. The van der Waals surface area contributed by atoms with Gasteiger partial charge in [0, 0.05) is 67.6 Å². The second kappa shape index (κ2) is 7.61. The number of aromatic nitrogens is 3. The van der Waals surface area contributed by atoms with Crippen molar-refractivity contribution in [1.82, 2.24) is 19.9 Å². The Kier molecular flexibility index (Phi) is 4.88. The van der Waals surface area contributed by atoms with Crippen LogP contribution in [0.15, 0.2) is 54.4 Å². The molecule has 4 rings (SSSR count). The molecule has 0 unspecified atom stereocenters. The zero-order valence-corrected chi connectivity index (χ0v) is 15.1. The first-order valence-electron chi connectivity index (χ1n) is 8.57. The highest BCUT2D eigenvalue weighted by atomic mass is 32.1. The molecule has 1 aliphatic heterocycles. The predicted molar refractivity (Wildman–Crippen MR) is 102 cm³/mol. The number of thiazole rings is 1. The molecule has 6 nitrogen and oxygen atoms in total. The molecule has 4 heterocycles. The molecule has 26 heavy (non-hydrogen) atoms. The number of pyridine rings is 2. The smallest absolute Gasteiger partial charge is 0.228 e. The standard InChI is InChI=1S/C19H19N5OS/c25-18(12-16-14-26-19(22-16)15-2-1-5-21-13-15)24-10-8-23(9-11-24)17-3-6-20-7-4-17/h1-7,13-14H,8-12H2. The first kappa shape index (κ1) is 16.7. The molecule has 0 aromatic carbocycles. The van der Waals surface area contributed by atoms with Gasteiger partial charge in [-0.1, -0.05) is 0 Å². The zero-order chi connectivity index (χ0) is 17.8. The Morgan fingerprint density at radius 2 is 1.85 bits per heavy atom. The molecule has 0 saturated carbocycles. The summed E-state index contributed by atoms with van der Waals surface area (Å²) in [6, 6.07) is 7.89. The van der Waals surface area contributed by atoms with Crippen LogP contribution in [0.5, 0.6) is 0 Å². The van der Waals surface area contributed by atoms with Gasteiger partial charge in [0.25, 0.3) is 0 Å². The van der Waals surface area contributed by atoms with Gasteiger partial charge >= 0.3 is 0 Å². The predicted octanol–water partition coefficient (Wildman–Crippen LogP) is 2.49. The number of piperazine rings is 1. The van der Waals surface area contributed by atoms with Crippen LogP contribution in [0.4, 0.5) is 5.69 Å². The van der Waals surface area contributed by atoms with Gasteiger partial charge in [-0.25, -0.2) is 4.98 Å². The van der Waals surface area contributed by atoms with Crippen LogP contribution in [-0.2, 0) is 11.2 Å². The van der Waals surface area contributed by atoms with Crippen LogP contribution < -0.4 is 4.90 Å². The molecule has 3 aromatic heterocycles. The Morgan fingerprint density at radius 3 is 2.58 bits per heavy atom. The molecule has 7 heteroatoms. The van der Waals surface area contributed by atoms with Crippen LogP contribution in [0.25, 0.3) is 10.6 Å². The van der Waals surface area contributed by atoms with Gasteiger partial charge in [-0.2, -0.15) is 0 Å². The van der Waals surface area contributed by atoms with E-state index in [-0.39, 0.29) is 5.91 Å². The van der Waals surface area contributed by atoms with Crippen LogP contribution in [0.1, 0.15) is 5.69 Å². The lowest BCUT2D eigenvalue weighted by Gasteiger charge is -2.36. The van der Waals surface area contributed by atoms with E-state index >= 15 is 0 Å². The Balaban J connectivity index is 1.34. The number of nitrogens with zero attached hydrogens (tertiary/aromatic N) is 5. The Hall–Kier alpha value is -2.80. The molecule has 1 aliphatic rings. The molecule has 0 N–H and O–H groups in total. The largest absolute Gasteiger partial charge is 0.368 e. The molecule has 3 aromatic rings. The number of carbonyl (C=O) groups is 1. The summed E-state index contributed by atoms with van der Waals surface area (Å²) in [4.78, 5) is 29.6. The van der Waals surface area contributed by atoms with E-state index in [0.29, 0.717) is 6.42 Å². The number of hydrogen-bond acceptors (Lipinski definition) is 6. The molecule has 1 amide bonds. The monoisotopic (exact) mass is 365 g/mol. The van der Waals surface area contributed by atoms with Gasteiger partial charge in [0.2, 0.25) is 5.91 Å². The summed E-state index contributed by atoms with van der Waals surface area (Å²) in [7, 11) is 0. The van der Waals surface area contributed by atoms with Gasteiger partial charge < -0.3 is 9.80 Å². The van der Waals surface area contributed by atoms with E-state index in [1.165, 1.54) is 0 Å². The van der Waals surface area contributed by atoms with Crippen molar-refractivity contribution in [3.8, 4) is 10.6 Å². The molecule has 1 saturated heterocycles. The summed E-state index contributed by atoms with van der Waals surface area (Å²) in [6.07, 6.45) is 7.49. The minimum Gasteiger partial charge on any atom is -0.368 e. The van der Waals surface area contributed by atoms with E-state index in [2.05, 4.69) is 19.9 Å². The lowest BCUT2D eigenvalue weighted by atomic mass is 10.2. The number of rotatable bonds is 4. The molecule has 0 aliphatic carbocycles. The zero-order valence-electron chi connectivity index (χ0n) is 14.3. The number of hydrogen-bond donors (Lipinski definition) is 0. The maximum absolute atomic E-state index is 12.6. The number of amides is 1. The molecule has 0 radical (unpaired) electrons. The van der Waals surface area contributed by atoms with Crippen molar-refractivity contribution in [2.24, 2.45) is 0 Å². The van der Waals surface area contributed by atoms with Crippen molar-refractivity contribution in [1.29, 1.82) is 0 Å². The molecular weight excluding hydrogens is 346 g/mol. The van der Waals surface area contributed by atoms with Gasteiger partial charge in [0.15, 0.2) is 0 Å². The van der Waals surface area contributed by atoms with E-state index in [1.807, 2.05) is 34.5 Å². The lowest BCUT2D eigenvalue weighted by molar-refractivity contribution is -0.130. The van der Waals surface area contributed by atoms with Crippen molar-refractivity contribution in [3.05, 3.63) is 60.1 Å². The highest BCUT2D eigenvalue weighted by Crippen LogP contribution is 2.23. The summed E-state index contributed by atoms with van der Waals surface area (Å²) in [5, 5.41) is 2.87. The van der Waals surface area contributed by atoms with Gasteiger partial charge in [-0.05, 0) is 24.3 Å². The summed E-state index contributed by atoms with van der Waals surface area (Å²) < 4.78 is 0. The van der Waals surface area contributed by atoms with Crippen LogP contribution in [0.2, 0.25) is 0 Å². The minimum absolute atomic E-state index is 0.141. The van der Waals surface area contributed by atoms with Crippen LogP contribution >= 0.6 is 11.3 Å². The Bertz CT molecular complexity index is 860. The van der Waals surface area contributed by atoms with Gasteiger partial charge in [0.1, 0.15) is 5.01 Å². The SMILES string of the molecule is O=C(Cc1csc(-c2cccnc2)n1)N1CCN(c2ccncc2)CC1. The van der Waals surface area contributed by atoms with Crippen LogP contribution in [-0.4, -0.2) is 51.9 Å². The quantitative estimate of drug-likeness (QED) is 0.711. The first-order valence-corrected chi connectivity index (χ1v) is 9.45. The summed E-state index contributed by atoms with van der Waals surface area (Å²) >= 11 is 1.55. The van der Waals surface area contributed by atoms with Gasteiger partial charge in [0.05, 0.1) is 12.1 Å². The van der Waals surface area contributed by atoms with Crippen LogP contribution in [0.3, 0.4) is 0 Å². The molecule has 132 valence electrons. The second-order valence-electron chi connectivity index (χ2n) is 6.14. The maximum Gasteiger partial charge on any atom is 0.228 e. The Labute approximate surface area is 156 Å². The van der Waals surface area contributed by atoms with Crippen molar-refractivity contribution < 1.29 is 4.79 Å². The molecular formula is C19H19N5OS. The average molecular weight is 365 g/mol. The average Bonchev–Trinajstić information content (AvgIpc) is 3.18. The molecule has 0 bridgehead atoms. The summed E-state index contributed by atoms with van der Waals surface area (Å²) in [5.74, 6) is 0.141. The highest BCUT2D eigenvalue weighted by Gasteiger charge is 2.22. The van der Waals surface area contributed by atoms with Crippen molar-refractivity contribution in [2.45, 2.75) is 6.42 Å². The Morgan fingerprint density at radius 1 is 1.04 bits per heavy atom. The van der Waals surface area contributed by atoms with Gasteiger partial charge in [-0.3, -0.25) is 14.8 Å². The summed E-state index contributed by atoms with van der Waals surface area (Å²) in [6.45, 7) is 3.16. The van der Waals surface area contributed by atoms with E-state index in [9.17, 15) is 4.79 Å². The number of carbonyl (C=O) groups excluding carboxylic acids is 1. The lowest BCUT2D eigenvalue weighted by Crippen LogP contribution is -2.49. The van der Waals surface area contributed by atoms with Crippen molar-refractivity contribution in [2.75, 3.05) is 31.1 Å². The van der Waals surface area contributed by atoms with E-state index in [1.54, 1.807) is 36.1 Å². The van der Waals surface area contributed by atoms with Gasteiger partial charge in [-0.15, -0.1) is 11.3 Å². The fraction of sp³-hybridized carbons (Fsp3) is 0.263. The molecule has 0 atom stereocenters. The van der Waals surface area contributed by atoms with E-state index in [4.69, 9.17) is 0 Å². The third-order valence-electron chi connectivity index (χ3n) is 4.45. The van der Waals surface area contributed by atoms with Crippen molar-refractivity contribution in [3.63, 3.8) is 0 Å². The van der Waals surface area contributed by atoms with E-state index < -0.39 is 0 Å². The minimum atomic E-state index is 0.141. The third-order valence-corrected chi connectivity index (χ3v) is 5.39.